The molecule has 0 unspecified atom stereocenters. The Hall–Kier alpha value is -3.41. The molecule has 64 heavy (non-hydrogen) atoms. The van der Waals surface area contributed by atoms with Crippen molar-refractivity contribution in [3.05, 3.63) is 106 Å². The van der Waals surface area contributed by atoms with Gasteiger partial charge in [-0.2, -0.15) is 0 Å². The number of halogens is 2. The number of benzene rings is 4. The van der Waals surface area contributed by atoms with Gasteiger partial charge in [0.05, 0.1) is 53.5 Å². The Balaban J connectivity index is 0.000000271. The van der Waals surface area contributed by atoms with Gasteiger partial charge in [0.2, 0.25) is 0 Å². The maximum atomic E-state index is 13.1. The zero-order valence-electron chi connectivity index (χ0n) is 36.1. The van der Waals surface area contributed by atoms with E-state index in [1.165, 1.54) is 35.9 Å². The Bertz CT molecular complexity index is 2470. The normalized spacial score (nSPS) is 15.0. The number of nitrogen functional groups attached to an aromatic ring is 2. The molecule has 0 aromatic heterocycles. The van der Waals surface area contributed by atoms with E-state index in [2.05, 4.69) is 4.74 Å². The van der Waals surface area contributed by atoms with Crippen LogP contribution in [0.4, 0.5) is 21.0 Å². The molecular formula is C40H49B2Cl2N4NaO13S2. The second-order valence-corrected chi connectivity index (χ2v) is 19.1. The maximum Gasteiger partial charge on any atom is 1.00 e. The third kappa shape index (κ3) is 15.1. The number of anilines is 2. The van der Waals surface area contributed by atoms with Gasteiger partial charge < -0.3 is 57.1 Å². The standard InChI is InChI=1S/C18H19BN2O6S.C15H17BN2O4S.C4H8O.C3H4Cl2O2.Na.H/c20-15-3-4-17(14(8-15)9-21-5-6-26-18(21)22)28(24,25)11-12-1-2-13-10-27-19(23)16(13)7-12;17-7-12-6-13(18)3-4-15(12)23(20,21)9-10-1-2-11-8-22-16(19)14(11)5-10;1-2-4-5-3-1;4-1-2-7-3(5)6;;/h1-4,7-8,23H,5-6,9-11,20H2;1-6,19H,7-9,17-18H2;1-4H2;1-2H2;;/q;;;;+1;-1. The number of ether oxygens (including phenoxy) is 3. The Kier molecular flexibility index (Phi) is 20.7. The number of sulfone groups is 2. The summed E-state index contributed by atoms with van der Waals surface area (Å²) in [6.45, 7) is 3.70. The first kappa shape index (κ1) is 53.2. The molecule has 24 heteroatoms. The molecule has 4 aromatic carbocycles. The van der Waals surface area contributed by atoms with Crippen LogP contribution < -0.4 is 57.7 Å². The van der Waals surface area contributed by atoms with E-state index in [0.29, 0.717) is 70.2 Å². The Morgan fingerprint density at radius 2 is 1.28 bits per heavy atom. The van der Waals surface area contributed by atoms with E-state index in [9.17, 15) is 36.5 Å². The van der Waals surface area contributed by atoms with E-state index in [1.807, 2.05) is 0 Å². The molecule has 1 amide bonds. The fourth-order valence-corrected chi connectivity index (χ4v) is 10.1. The third-order valence-corrected chi connectivity index (χ3v) is 13.7. The summed E-state index contributed by atoms with van der Waals surface area (Å²) >= 11 is 9.85. The van der Waals surface area contributed by atoms with Crippen LogP contribution in [-0.2, 0) is 81.0 Å². The van der Waals surface area contributed by atoms with Crippen LogP contribution in [0.2, 0.25) is 0 Å². The summed E-state index contributed by atoms with van der Waals surface area (Å²) in [7, 11) is -9.31. The van der Waals surface area contributed by atoms with Gasteiger partial charge in [0.1, 0.15) is 13.2 Å². The molecule has 4 heterocycles. The third-order valence-electron chi connectivity index (χ3n) is 9.84. The fraction of sp³-hybridized carbons (Fsp3) is 0.350. The van der Waals surface area contributed by atoms with Gasteiger partial charge >= 0.3 is 55.3 Å². The van der Waals surface area contributed by atoms with Crippen LogP contribution >= 0.6 is 23.2 Å². The second-order valence-electron chi connectivity index (χ2n) is 14.5. The molecule has 2 fully saturated rings. The minimum atomic E-state index is -3.71. The molecular weight excluding hydrogens is 924 g/mol. The molecule has 17 nitrogen and oxygen atoms in total. The molecule has 0 bridgehead atoms. The van der Waals surface area contributed by atoms with Crippen molar-refractivity contribution >= 4 is 90.9 Å². The average Bonchev–Trinajstić information content (AvgIpc) is 4.09. The van der Waals surface area contributed by atoms with Gasteiger partial charge in [-0.25, -0.2) is 26.4 Å². The van der Waals surface area contributed by atoms with Crippen molar-refractivity contribution in [2.45, 2.75) is 60.4 Å². The van der Waals surface area contributed by atoms with Crippen molar-refractivity contribution in [1.82, 2.24) is 4.90 Å². The first-order valence-corrected chi connectivity index (χ1v) is 23.9. The summed E-state index contributed by atoms with van der Waals surface area (Å²) in [5, 5.41) is 19.6. The van der Waals surface area contributed by atoms with Gasteiger partial charge in [0.25, 0.3) is 0 Å². The average molecular weight is 974 g/mol. The Labute approximate surface area is 406 Å². The fourth-order valence-electron chi connectivity index (χ4n) is 6.80. The van der Waals surface area contributed by atoms with Crippen molar-refractivity contribution in [2.75, 3.05) is 50.3 Å². The summed E-state index contributed by atoms with van der Waals surface area (Å²) in [6.07, 6.45) is 2.08. The largest absolute Gasteiger partial charge is 1.00 e. The predicted octanol–water partition coefficient (Wildman–Crippen LogP) is -0.154. The number of alkyl halides is 1. The van der Waals surface area contributed by atoms with Crippen molar-refractivity contribution in [1.29, 1.82) is 0 Å². The Morgan fingerprint density at radius 3 is 1.69 bits per heavy atom. The van der Waals surface area contributed by atoms with Crippen molar-refractivity contribution in [2.24, 2.45) is 5.73 Å². The first-order valence-electron chi connectivity index (χ1n) is 19.6. The second kappa shape index (κ2) is 24.9. The van der Waals surface area contributed by atoms with E-state index in [1.54, 1.807) is 54.6 Å². The van der Waals surface area contributed by atoms with Crippen LogP contribution in [0.5, 0.6) is 0 Å². The van der Waals surface area contributed by atoms with Crippen molar-refractivity contribution < 1.29 is 91.0 Å². The zero-order chi connectivity index (χ0) is 45.7. The molecule has 340 valence electrons. The van der Waals surface area contributed by atoms with Crippen molar-refractivity contribution in [3.63, 3.8) is 0 Å². The van der Waals surface area contributed by atoms with Crippen LogP contribution in [0.25, 0.3) is 0 Å². The minimum Gasteiger partial charge on any atom is -1.00 e. The van der Waals surface area contributed by atoms with Crippen LogP contribution in [0.15, 0.2) is 82.6 Å². The van der Waals surface area contributed by atoms with Gasteiger partial charge in [-0.3, -0.25) is 0 Å². The molecule has 0 radical (unpaired) electrons. The number of nitrogens with two attached hydrogens (primary N) is 3. The van der Waals surface area contributed by atoms with Crippen LogP contribution in [0.3, 0.4) is 0 Å². The molecule has 8 rings (SSSR count). The summed E-state index contributed by atoms with van der Waals surface area (Å²) in [5.74, 6) is -0.128. The van der Waals surface area contributed by atoms with E-state index in [-0.39, 0.29) is 78.6 Å². The zero-order valence-corrected chi connectivity index (χ0v) is 40.3. The van der Waals surface area contributed by atoms with Crippen LogP contribution in [0, 0.1) is 0 Å². The summed E-state index contributed by atoms with van der Waals surface area (Å²) in [6, 6.07) is 19.5. The van der Waals surface area contributed by atoms with Crippen LogP contribution in [0.1, 0.15) is 47.6 Å². The quantitative estimate of drug-likeness (QED) is 0.0566. The van der Waals surface area contributed by atoms with Gasteiger partial charge in [-0.05, 0) is 93.5 Å². The van der Waals surface area contributed by atoms with E-state index < -0.39 is 45.4 Å². The van der Waals surface area contributed by atoms with E-state index in [0.717, 1.165) is 24.3 Å². The molecule has 4 aromatic rings. The smallest absolute Gasteiger partial charge is 1.00 e. The van der Waals surface area contributed by atoms with Crippen LogP contribution in [-0.4, -0.2) is 96.4 Å². The Morgan fingerprint density at radius 1 is 0.781 bits per heavy atom. The molecule has 0 saturated carbocycles. The van der Waals surface area contributed by atoms with E-state index >= 15 is 0 Å². The molecule has 4 aliphatic heterocycles. The molecule has 0 aliphatic carbocycles. The summed E-state index contributed by atoms with van der Waals surface area (Å²) < 4.78 is 75.9. The molecule has 2 saturated heterocycles. The van der Waals surface area contributed by atoms with Gasteiger partial charge in [0, 0.05) is 42.7 Å². The number of amides is 1. The number of fused-ring (bicyclic) bond motifs is 2. The molecule has 0 atom stereocenters. The number of hydrogen-bond acceptors (Lipinski definition) is 16. The number of hydrogen-bond donors (Lipinski definition) is 5. The van der Waals surface area contributed by atoms with Crippen molar-refractivity contribution in [3.8, 4) is 0 Å². The van der Waals surface area contributed by atoms with E-state index in [4.69, 9.17) is 59.2 Å². The number of nitrogens with zero attached hydrogens (tertiary/aromatic N) is 1. The van der Waals surface area contributed by atoms with Gasteiger partial charge in [-0.15, -0.1) is 11.6 Å². The first-order chi connectivity index (χ1) is 30.0. The monoisotopic (exact) mass is 972 g/mol. The van der Waals surface area contributed by atoms with Gasteiger partial charge in [-0.1, -0.05) is 36.4 Å². The number of rotatable bonds is 11. The topological polar surface area (TPSA) is 270 Å². The number of carbonyl (C=O) groups excluding carboxylic acids is 2. The minimum absolute atomic E-state index is 0. The SMILES string of the molecule is C1CCOC1.NCc1cc(N)ccc1S(=O)(=O)Cc1ccc2c(c1)B(O)OC2.Nc1ccc(S(=O)(=O)Cc2ccc3c(c2)B(O)OC3)c(CN2CCOC2=O)c1.O=C(Cl)OCCCl.[H-].[Na+]. The van der Waals surface area contributed by atoms with Gasteiger partial charge in [0.15, 0.2) is 19.7 Å². The summed E-state index contributed by atoms with van der Waals surface area (Å²) in [5.41, 5.74) is 22.2. The molecule has 8 N–H and O–H groups in total. The molecule has 4 aliphatic rings. The number of cyclic esters (lactones) is 1. The predicted molar refractivity (Wildman–Crippen MR) is 240 cm³/mol. The number of carbonyl (C=O) groups is 2. The summed E-state index contributed by atoms with van der Waals surface area (Å²) in [4.78, 5) is 23.2. The maximum absolute atomic E-state index is 13.1. The molecule has 0 spiro atoms.